The molecule has 0 aromatic heterocycles. The smallest absolute Gasteiger partial charge is 0.407 e. The van der Waals surface area contributed by atoms with Crippen LogP contribution in [0.1, 0.15) is 27.7 Å². The molecule has 1 rings (SSSR count). The molecule has 0 radical (unpaired) electrons. The van der Waals surface area contributed by atoms with Crippen LogP contribution >= 0.6 is 23.2 Å². The average molecular weight is 409 g/mol. The van der Waals surface area contributed by atoms with Crippen LogP contribution in [0.15, 0.2) is 23.1 Å². The van der Waals surface area contributed by atoms with Gasteiger partial charge in [0.1, 0.15) is 5.60 Å². The van der Waals surface area contributed by atoms with Gasteiger partial charge in [-0.1, -0.05) is 23.2 Å². The molecule has 0 fully saturated rings. The Bertz CT molecular complexity index is 620. The number of ether oxygens (including phenoxy) is 1. The monoisotopic (exact) mass is 408 g/mol. The highest BCUT2D eigenvalue weighted by Gasteiger charge is 2.18. The van der Waals surface area contributed by atoms with Gasteiger partial charge < -0.3 is 15.0 Å². The average Bonchev–Trinajstić information content (AvgIpc) is 2.50. The molecule has 2 atom stereocenters. The van der Waals surface area contributed by atoms with Gasteiger partial charge in [0.05, 0.1) is 20.7 Å². The van der Waals surface area contributed by atoms with E-state index in [1.54, 1.807) is 18.2 Å². The lowest BCUT2D eigenvalue weighted by Gasteiger charge is -2.26. The summed E-state index contributed by atoms with van der Waals surface area (Å²) in [6, 6.07) is 5.02. The fourth-order valence-corrected chi connectivity index (χ4v) is 3.74. The van der Waals surface area contributed by atoms with Gasteiger partial charge in [0.15, 0.2) is 0 Å². The number of hydrogen-bond donors (Lipinski definition) is 1. The highest BCUT2D eigenvalue weighted by Crippen LogP contribution is 2.23. The van der Waals surface area contributed by atoms with Crippen LogP contribution in [0.5, 0.6) is 0 Å². The number of likely N-dealkylation sites (N-methyl/N-ethyl adjacent to an activating group) is 1. The zero-order valence-electron chi connectivity index (χ0n) is 15.3. The zero-order valence-corrected chi connectivity index (χ0v) is 17.6. The number of nitrogens with one attached hydrogen (secondary N) is 1. The van der Waals surface area contributed by atoms with E-state index in [0.29, 0.717) is 33.8 Å². The SMILES string of the molecule is CC(CNC(=O)OC(C)(C)C)N(C)CCS(=O)c1cc(Cl)ccc1Cl. The minimum atomic E-state index is -1.24. The van der Waals surface area contributed by atoms with E-state index >= 15 is 0 Å². The van der Waals surface area contributed by atoms with Crippen molar-refractivity contribution in [1.82, 2.24) is 10.2 Å². The highest BCUT2D eigenvalue weighted by atomic mass is 35.5. The molecule has 0 saturated heterocycles. The van der Waals surface area contributed by atoms with E-state index in [0.717, 1.165) is 0 Å². The Morgan fingerprint density at radius 1 is 1.36 bits per heavy atom. The second kappa shape index (κ2) is 9.76. The van der Waals surface area contributed by atoms with Gasteiger partial charge in [-0.05, 0) is 52.9 Å². The molecule has 1 N–H and O–H groups in total. The van der Waals surface area contributed by atoms with Gasteiger partial charge >= 0.3 is 6.09 Å². The Morgan fingerprint density at radius 3 is 2.60 bits per heavy atom. The maximum Gasteiger partial charge on any atom is 0.407 e. The summed E-state index contributed by atoms with van der Waals surface area (Å²) in [7, 11) is 0.676. The van der Waals surface area contributed by atoms with Crippen molar-refractivity contribution in [1.29, 1.82) is 0 Å². The van der Waals surface area contributed by atoms with Crippen molar-refractivity contribution in [2.75, 3.05) is 25.9 Å². The molecule has 142 valence electrons. The van der Waals surface area contributed by atoms with Gasteiger partial charge in [0.2, 0.25) is 0 Å². The summed E-state index contributed by atoms with van der Waals surface area (Å²) >= 11 is 12.0. The number of alkyl carbamates (subject to hydrolysis) is 1. The number of benzene rings is 1. The molecule has 0 saturated carbocycles. The first-order chi connectivity index (χ1) is 11.5. The molecular formula is C17H26Cl2N2O3S. The summed E-state index contributed by atoms with van der Waals surface area (Å²) in [5.41, 5.74) is -0.521. The van der Waals surface area contributed by atoms with Crippen LogP contribution in [-0.4, -0.2) is 52.7 Å². The van der Waals surface area contributed by atoms with E-state index in [2.05, 4.69) is 5.32 Å². The lowest BCUT2D eigenvalue weighted by molar-refractivity contribution is 0.0514. The van der Waals surface area contributed by atoms with Crippen molar-refractivity contribution >= 4 is 40.1 Å². The normalized spacial score (nSPS) is 14.2. The molecule has 1 aromatic rings. The number of amides is 1. The van der Waals surface area contributed by atoms with Gasteiger partial charge in [-0.15, -0.1) is 0 Å². The lowest BCUT2D eigenvalue weighted by Crippen LogP contribution is -2.43. The highest BCUT2D eigenvalue weighted by molar-refractivity contribution is 7.85. The third kappa shape index (κ3) is 8.40. The first-order valence-corrected chi connectivity index (χ1v) is 10.1. The maximum atomic E-state index is 12.4. The Kier molecular flexibility index (Phi) is 8.68. The van der Waals surface area contributed by atoms with Gasteiger partial charge in [0.25, 0.3) is 0 Å². The molecule has 0 heterocycles. The molecular weight excluding hydrogens is 383 g/mol. The van der Waals surface area contributed by atoms with Crippen molar-refractivity contribution in [3.8, 4) is 0 Å². The second-order valence-electron chi connectivity index (χ2n) is 6.84. The number of rotatable bonds is 7. The van der Waals surface area contributed by atoms with E-state index in [9.17, 15) is 9.00 Å². The molecule has 8 heteroatoms. The summed E-state index contributed by atoms with van der Waals surface area (Å²) in [5, 5.41) is 3.70. The van der Waals surface area contributed by atoms with Crippen LogP contribution in [-0.2, 0) is 15.5 Å². The van der Waals surface area contributed by atoms with E-state index in [-0.39, 0.29) is 6.04 Å². The summed E-state index contributed by atoms with van der Waals surface area (Å²) in [6.07, 6.45) is -0.443. The largest absolute Gasteiger partial charge is 0.444 e. The molecule has 0 aliphatic heterocycles. The van der Waals surface area contributed by atoms with Crippen LogP contribution in [0.2, 0.25) is 10.0 Å². The number of halogens is 2. The van der Waals surface area contributed by atoms with Crippen molar-refractivity contribution in [2.45, 2.75) is 44.2 Å². The van der Waals surface area contributed by atoms with Crippen molar-refractivity contribution in [3.63, 3.8) is 0 Å². The Hall–Kier alpha value is -0.820. The molecule has 2 unspecified atom stereocenters. The number of nitrogens with zero attached hydrogens (tertiary/aromatic N) is 1. The third-order valence-corrected chi connectivity index (χ3v) is 5.52. The van der Waals surface area contributed by atoms with Crippen LogP contribution in [0.25, 0.3) is 0 Å². The molecule has 0 spiro atoms. The fourth-order valence-electron chi connectivity index (χ4n) is 1.91. The molecule has 0 bridgehead atoms. The minimum Gasteiger partial charge on any atom is -0.444 e. The van der Waals surface area contributed by atoms with E-state index in [4.69, 9.17) is 27.9 Å². The molecule has 25 heavy (non-hydrogen) atoms. The van der Waals surface area contributed by atoms with Crippen LogP contribution < -0.4 is 5.32 Å². The Balaban J connectivity index is 2.45. The topological polar surface area (TPSA) is 58.6 Å². The molecule has 0 aliphatic rings. The Morgan fingerprint density at radius 2 is 2.00 bits per heavy atom. The maximum absolute atomic E-state index is 12.4. The van der Waals surface area contributed by atoms with Gasteiger partial charge in [-0.2, -0.15) is 0 Å². The number of hydrogen-bond acceptors (Lipinski definition) is 4. The van der Waals surface area contributed by atoms with Crippen LogP contribution in [0, 0.1) is 0 Å². The van der Waals surface area contributed by atoms with Gasteiger partial charge in [0, 0.05) is 29.9 Å². The lowest BCUT2D eigenvalue weighted by atomic mass is 10.2. The van der Waals surface area contributed by atoms with Crippen LogP contribution in [0.3, 0.4) is 0 Å². The summed E-state index contributed by atoms with van der Waals surface area (Å²) in [5.74, 6) is 0.424. The predicted octanol–water partition coefficient (Wildman–Crippen LogP) is 3.95. The second-order valence-corrected chi connectivity index (χ2v) is 9.22. The number of carbonyl (C=O) groups is 1. The van der Waals surface area contributed by atoms with Crippen molar-refractivity contribution in [3.05, 3.63) is 28.2 Å². The van der Waals surface area contributed by atoms with Crippen molar-refractivity contribution < 1.29 is 13.7 Å². The fraction of sp³-hybridized carbons (Fsp3) is 0.588. The molecule has 1 amide bonds. The number of carbonyl (C=O) groups excluding carboxylic acids is 1. The predicted molar refractivity (Wildman–Crippen MR) is 104 cm³/mol. The summed E-state index contributed by atoms with van der Waals surface area (Å²) in [4.78, 5) is 14.2. The molecule has 5 nitrogen and oxygen atoms in total. The first-order valence-electron chi connectivity index (χ1n) is 8.00. The van der Waals surface area contributed by atoms with Crippen molar-refractivity contribution in [2.24, 2.45) is 0 Å². The van der Waals surface area contributed by atoms with E-state index in [1.165, 1.54) is 0 Å². The van der Waals surface area contributed by atoms with E-state index in [1.807, 2.05) is 39.6 Å². The summed E-state index contributed by atoms with van der Waals surface area (Å²) < 4.78 is 17.6. The first kappa shape index (κ1) is 22.2. The zero-order chi connectivity index (χ0) is 19.2. The Labute approximate surface area is 162 Å². The standard InChI is InChI=1S/C17H26Cl2N2O3S/c1-12(11-20-16(22)24-17(2,3)4)21(5)8-9-25(23)15-10-13(18)6-7-14(15)19/h6-7,10,12H,8-9,11H2,1-5H3,(H,20,22). The quantitative estimate of drug-likeness (QED) is 0.741. The van der Waals surface area contributed by atoms with Gasteiger partial charge in [-0.25, -0.2) is 4.79 Å². The minimum absolute atomic E-state index is 0.0688. The summed E-state index contributed by atoms with van der Waals surface area (Å²) in [6.45, 7) is 8.46. The van der Waals surface area contributed by atoms with E-state index < -0.39 is 22.5 Å². The molecule has 0 aliphatic carbocycles. The van der Waals surface area contributed by atoms with Gasteiger partial charge in [-0.3, -0.25) is 4.21 Å². The van der Waals surface area contributed by atoms with Crippen LogP contribution in [0.4, 0.5) is 4.79 Å². The molecule has 1 aromatic carbocycles. The third-order valence-electron chi connectivity index (χ3n) is 3.46.